The number of allylic oxidation sites excluding steroid dienone is 1. The number of hydrazine groups is 1. The van der Waals surface area contributed by atoms with Gasteiger partial charge in [0.2, 0.25) is 9.70 Å². The number of carbonyl (C=O) groups excluding carboxylic acids is 5. The van der Waals surface area contributed by atoms with Gasteiger partial charge in [-0.3, -0.25) is 29.0 Å². The van der Waals surface area contributed by atoms with Gasteiger partial charge in [-0.1, -0.05) is 79.0 Å². The van der Waals surface area contributed by atoms with Crippen LogP contribution in [0.3, 0.4) is 0 Å². The highest BCUT2D eigenvalue weighted by Gasteiger charge is 2.34. The van der Waals surface area contributed by atoms with Crippen LogP contribution in [0.2, 0.25) is 0 Å². The number of ketones is 1. The molecule has 2 N–H and O–H groups in total. The molecule has 1 aromatic carbocycles. The molecule has 3 rings (SSSR count). The minimum atomic E-state index is -1.75. The normalized spacial score (nSPS) is 17.3. The van der Waals surface area contributed by atoms with Crippen molar-refractivity contribution in [3.05, 3.63) is 47.7 Å². The number of carbonyl (C=O) groups is 5. The summed E-state index contributed by atoms with van der Waals surface area (Å²) in [6.45, 7) is 12.1. The summed E-state index contributed by atoms with van der Waals surface area (Å²) in [4.78, 5) is 68.4. The van der Waals surface area contributed by atoms with Gasteiger partial charge in [0.05, 0.1) is 11.2 Å². The van der Waals surface area contributed by atoms with Gasteiger partial charge in [-0.05, 0) is 70.6 Å². The minimum Gasteiger partial charge on any atom is -0.460 e. The number of Topliss-reactive ketones (excluding diaryl/α,β-unsaturated/α-hetero) is 1. The summed E-state index contributed by atoms with van der Waals surface area (Å²) in [5, 5.41) is 5.03. The molecule has 1 aliphatic heterocycles. The third-order valence-corrected chi connectivity index (χ3v) is 8.90. The maximum absolute atomic E-state index is 13.4. The SMILES string of the molecule is CC(=O)O[C@H](C)c1ccc2ccc(/C=C/C(C)(C)C(=O)CC[C@H](C(=O)N[C@@H](C)C(=O)N3CCC[C@@H](C(=O)OCC(Cl)(Cl)Cl)N3)C(C)C)cc2n1. The van der Waals surface area contributed by atoms with Crippen LogP contribution in [0, 0.1) is 17.3 Å². The van der Waals surface area contributed by atoms with Crippen molar-refractivity contribution >= 4 is 81.3 Å². The lowest BCUT2D eigenvalue weighted by Crippen LogP contribution is -2.59. The number of benzene rings is 1. The zero-order valence-corrected chi connectivity index (χ0v) is 31.8. The van der Waals surface area contributed by atoms with Crippen molar-refractivity contribution in [1.82, 2.24) is 20.7 Å². The van der Waals surface area contributed by atoms with Crippen LogP contribution in [-0.4, -0.2) is 68.6 Å². The van der Waals surface area contributed by atoms with Gasteiger partial charge in [-0.25, -0.2) is 10.4 Å². The number of alkyl halides is 3. The Labute approximate surface area is 308 Å². The molecule has 1 aromatic heterocycles. The first-order valence-corrected chi connectivity index (χ1v) is 17.8. The zero-order chi connectivity index (χ0) is 37.4. The van der Waals surface area contributed by atoms with Crippen molar-refractivity contribution in [2.75, 3.05) is 13.2 Å². The second kappa shape index (κ2) is 17.8. The maximum Gasteiger partial charge on any atom is 0.325 e. The average Bonchev–Trinajstić information content (AvgIpc) is 3.04. The molecule has 0 aliphatic carbocycles. The lowest BCUT2D eigenvalue weighted by molar-refractivity contribution is -0.153. The monoisotopic (exact) mass is 752 g/mol. The van der Waals surface area contributed by atoms with Crippen LogP contribution in [0.25, 0.3) is 17.0 Å². The molecule has 0 bridgehead atoms. The molecular formula is C36H47Cl3N4O7. The Morgan fingerprint density at radius 3 is 2.40 bits per heavy atom. The van der Waals surface area contributed by atoms with Gasteiger partial charge in [0.25, 0.3) is 5.91 Å². The highest BCUT2D eigenvalue weighted by atomic mass is 35.6. The molecule has 1 fully saturated rings. The van der Waals surface area contributed by atoms with E-state index in [1.54, 1.807) is 13.8 Å². The van der Waals surface area contributed by atoms with E-state index in [-0.39, 0.29) is 30.0 Å². The molecule has 0 radical (unpaired) electrons. The molecule has 1 saturated heterocycles. The summed E-state index contributed by atoms with van der Waals surface area (Å²) in [6, 6.07) is 7.86. The summed E-state index contributed by atoms with van der Waals surface area (Å²) in [7, 11) is 0. The van der Waals surface area contributed by atoms with E-state index in [0.29, 0.717) is 31.5 Å². The quantitative estimate of drug-likeness (QED) is 0.165. The number of nitrogens with one attached hydrogen (secondary N) is 2. The van der Waals surface area contributed by atoms with E-state index in [1.165, 1.54) is 11.9 Å². The predicted octanol–water partition coefficient (Wildman–Crippen LogP) is 6.43. The first-order chi connectivity index (χ1) is 23.3. The molecule has 2 amide bonds. The Balaban J connectivity index is 1.58. The number of ether oxygens (including phenoxy) is 2. The molecule has 0 saturated carbocycles. The number of halogens is 3. The van der Waals surface area contributed by atoms with E-state index in [1.807, 2.05) is 70.2 Å². The molecule has 4 atom stereocenters. The molecule has 11 nitrogen and oxygen atoms in total. The van der Waals surface area contributed by atoms with Crippen molar-refractivity contribution in [3.8, 4) is 0 Å². The smallest absolute Gasteiger partial charge is 0.325 e. The summed E-state index contributed by atoms with van der Waals surface area (Å²) in [5.41, 5.74) is 4.28. The van der Waals surface area contributed by atoms with Gasteiger partial charge in [-0.2, -0.15) is 0 Å². The van der Waals surface area contributed by atoms with E-state index < -0.39 is 51.8 Å². The highest BCUT2D eigenvalue weighted by molar-refractivity contribution is 6.67. The van der Waals surface area contributed by atoms with Gasteiger partial charge in [0.15, 0.2) is 0 Å². The van der Waals surface area contributed by atoms with E-state index in [2.05, 4.69) is 15.7 Å². The number of pyridine rings is 1. The van der Waals surface area contributed by atoms with Crippen LogP contribution < -0.4 is 10.7 Å². The largest absolute Gasteiger partial charge is 0.460 e. The standard InChI is InChI=1S/C36H47Cl3N4O7/c1-21(2)27(32(46)40-22(3)33(47)43-18-8-9-29(42-43)34(48)49-20-36(37,38)39)13-15-31(45)35(6,7)17-16-25-10-11-26-12-14-28(41-30(26)19-25)23(4)50-24(5)44/h10-12,14,16-17,19,21-23,27,29,42H,8-9,13,15,18,20H2,1-7H3,(H,40,46)/b17-16+/t22-,23+,27-,29-/m0/s1. The van der Waals surface area contributed by atoms with Gasteiger partial charge in [-0.15, -0.1) is 0 Å². The van der Waals surface area contributed by atoms with Gasteiger partial charge >= 0.3 is 11.9 Å². The summed E-state index contributed by atoms with van der Waals surface area (Å²) < 4.78 is 8.56. The number of nitrogens with zero attached hydrogens (tertiary/aromatic N) is 2. The van der Waals surface area contributed by atoms with Crippen molar-refractivity contribution in [2.24, 2.45) is 17.3 Å². The van der Waals surface area contributed by atoms with Crippen LogP contribution in [0.5, 0.6) is 0 Å². The molecule has 0 spiro atoms. The molecule has 2 heterocycles. The highest BCUT2D eigenvalue weighted by Crippen LogP contribution is 2.28. The maximum atomic E-state index is 13.4. The third-order valence-electron chi connectivity index (χ3n) is 8.58. The Kier molecular flexibility index (Phi) is 14.7. The first kappa shape index (κ1) is 41.2. The Bertz CT molecular complexity index is 1590. The van der Waals surface area contributed by atoms with Crippen LogP contribution in [0.15, 0.2) is 36.4 Å². The number of rotatable bonds is 14. The average molecular weight is 754 g/mol. The number of amides is 2. The Morgan fingerprint density at radius 2 is 1.76 bits per heavy atom. The van der Waals surface area contributed by atoms with Gasteiger partial charge < -0.3 is 14.8 Å². The predicted molar refractivity (Wildman–Crippen MR) is 194 cm³/mol. The summed E-state index contributed by atoms with van der Waals surface area (Å²) in [5.74, 6) is -2.41. The van der Waals surface area contributed by atoms with E-state index >= 15 is 0 Å². The second-order valence-corrected chi connectivity index (χ2v) is 16.1. The number of aromatic nitrogens is 1. The Hall–Kier alpha value is -3.25. The second-order valence-electron chi connectivity index (χ2n) is 13.6. The van der Waals surface area contributed by atoms with E-state index in [0.717, 1.165) is 16.5 Å². The molecule has 50 heavy (non-hydrogen) atoms. The summed E-state index contributed by atoms with van der Waals surface area (Å²) >= 11 is 17.0. The number of esters is 2. The fourth-order valence-corrected chi connectivity index (χ4v) is 5.71. The number of hydrogen-bond donors (Lipinski definition) is 2. The lowest BCUT2D eigenvalue weighted by Gasteiger charge is -2.34. The minimum absolute atomic E-state index is 0.0297. The first-order valence-electron chi connectivity index (χ1n) is 16.7. The zero-order valence-electron chi connectivity index (χ0n) is 29.6. The van der Waals surface area contributed by atoms with E-state index in [9.17, 15) is 24.0 Å². The van der Waals surface area contributed by atoms with Crippen molar-refractivity contribution in [1.29, 1.82) is 0 Å². The molecule has 274 valence electrons. The van der Waals surface area contributed by atoms with E-state index in [4.69, 9.17) is 44.3 Å². The Morgan fingerprint density at radius 1 is 1.08 bits per heavy atom. The van der Waals surface area contributed by atoms with Crippen LogP contribution in [0.4, 0.5) is 0 Å². The molecular weight excluding hydrogens is 707 g/mol. The number of fused-ring (bicyclic) bond motifs is 1. The molecule has 0 unspecified atom stereocenters. The third kappa shape index (κ3) is 12.2. The van der Waals surface area contributed by atoms with Crippen LogP contribution >= 0.6 is 34.8 Å². The molecule has 1 aliphatic rings. The van der Waals surface area contributed by atoms with Crippen LogP contribution in [0.1, 0.15) is 91.5 Å². The molecule has 14 heteroatoms. The van der Waals surface area contributed by atoms with Crippen LogP contribution in [-0.2, 0) is 33.4 Å². The van der Waals surface area contributed by atoms with Crippen molar-refractivity contribution in [3.63, 3.8) is 0 Å². The van der Waals surface area contributed by atoms with Gasteiger partial charge in [0, 0.05) is 36.6 Å². The fourth-order valence-electron chi connectivity index (χ4n) is 5.55. The van der Waals surface area contributed by atoms with Crippen molar-refractivity contribution in [2.45, 2.75) is 96.1 Å². The fraction of sp³-hybridized carbons (Fsp3) is 0.556. The lowest BCUT2D eigenvalue weighted by atomic mass is 9.81. The topological polar surface area (TPSA) is 144 Å². The number of hydrogen-bond acceptors (Lipinski definition) is 9. The molecule has 2 aromatic rings. The summed E-state index contributed by atoms with van der Waals surface area (Å²) in [6.07, 6.45) is 4.67. The van der Waals surface area contributed by atoms with Crippen molar-refractivity contribution < 1.29 is 33.4 Å². The van der Waals surface area contributed by atoms with Gasteiger partial charge in [0.1, 0.15) is 30.6 Å².